The quantitative estimate of drug-likeness (QED) is 0.107. The maximum atomic E-state index is 12.7. The third-order valence-corrected chi connectivity index (χ3v) is 10.7. The first-order chi connectivity index (χ1) is 26.2. The van der Waals surface area contributed by atoms with Crippen molar-refractivity contribution in [3.63, 3.8) is 0 Å². The predicted molar refractivity (Wildman–Crippen MR) is 209 cm³/mol. The van der Waals surface area contributed by atoms with Crippen LogP contribution in [-0.2, 0) is 28.2 Å². The normalized spacial score (nSPS) is 21.3. The average molecular weight is 748 g/mol. The second kappa shape index (κ2) is 17.2. The van der Waals surface area contributed by atoms with Crippen molar-refractivity contribution in [3.8, 4) is 11.5 Å². The molecule has 0 bridgehead atoms. The Hall–Kier alpha value is -4.74. The number of hydrogen-bond donors (Lipinski definition) is 4. The fourth-order valence-electron chi connectivity index (χ4n) is 7.12. The minimum Gasteiger partial charge on any atom is -0.457 e. The van der Waals surface area contributed by atoms with E-state index < -0.39 is 11.9 Å². The number of hydrogen-bond acceptors (Lipinski definition) is 7. The van der Waals surface area contributed by atoms with Crippen LogP contribution in [0, 0.1) is 5.92 Å². The van der Waals surface area contributed by atoms with Crippen molar-refractivity contribution in [1.29, 1.82) is 0 Å². The minimum absolute atomic E-state index is 0.0202. The summed E-state index contributed by atoms with van der Waals surface area (Å²) in [7, 11) is 0. The third-order valence-electron chi connectivity index (χ3n) is 10.4. The van der Waals surface area contributed by atoms with Gasteiger partial charge < -0.3 is 40.0 Å². The highest BCUT2D eigenvalue weighted by Gasteiger charge is 2.41. The monoisotopic (exact) mass is 747 g/mol. The molecule has 0 aromatic heterocycles. The number of carbonyl (C=O) groups is 1. The highest BCUT2D eigenvalue weighted by Crippen LogP contribution is 2.42. The van der Waals surface area contributed by atoms with Gasteiger partial charge in [-0.3, -0.25) is 0 Å². The lowest BCUT2D eigenvalue weighted by atomic mass is 9.84. The molecule has 0 radical (unpaired) electrons. The molecular weight excluding hydrogens is 702 g/mol. The van der Waals surface area contributed by atoms with Gasteiger partial charge in [0.1, 0.15) is 11.5 Å². The Bertz CT molecular complexity index is 1950. The zero-order valence-electron chi connectivity index (χ0n) is 30.2. The molecule has 0 saturated carbocycles. The number of nitrogens with one attached hydrogen (secondary N) is 2. The van der Waals surface area contributed by atoms with Gasteiger partial charge in [0.05, 0.1) is 24.4 Å². The molecule has 2 fully saturated rings. The molecule has 5 aromatic carbocycles. The molecule has 2 amide bonds. The van der Waals surface area contributed by atoms with Crippen LogP contribution in [0.25, 0.3) is 0 Å². The molecule has 4 atom stereocenters. The van der Waals surface area contributed by atoms with Crippen molar-refractivity contribution >= 4 is 23.3 Å². The van der Waals surface area contributed by atoms with Gasteiger partial charge in [0.25, 0.3) is 0 Å². The van der Waals surface area contributed by atoms with Gasteiger partial charge in [0.15, 0.2) is 6.29 Å². The molecular formula is C44H46ClN3O6. The molecule has 280 valence electrons. The zero-order chi connectivity index (χ0) is 37.5. The molecule has 7 rings (SSSR count). The molecule has 9 nitrogen and oxygen atoms in total. The number of aliphatic hydroxyl groups is 2. The number of carbonyl (C=O) groups excluding carboxylic acids is 1. The van der Waals surface area contributed by atoms with E-state index in [2.05, 4.69) is 22.5 Å². The van der Waals surface area contributed by atoms with Crippen molar-refractivity contribution in [2.75, 3.05) is 25.0 Å². The Morgan fingerprint density at radius 1 is 0.815 bits per heavy atom. The van der Waals surface area contributed by atoms with Gasteiger partial charge in [-0.25, -0.2) is 4.79 Å². The summed E-state index contributed by atoms with van der Waals surface area (Å²) in [5, 5.41) is 27.5. The van der Waals surface area contributed by atoms with Gasteiger partial charge in [-0.2, -0.15) is 0 Å². The fourth-order valence-corrected chi connectivity index (χ4v) is 7.24. The van der Waals surface area contributed by atoms with Crippen LogP contribution in [0.5, 0.6) is 11.5 Å². The van der Waals surface area contributed by atoms with Crippen molar-refractivity contribution in [2.45, 2.75) is 57.0 Å². The van der Waals surface area contributed by atoms with Crippen molar-refractivity contribution < 1.29 is 29.2 Å². The van der Waals surface area contributed by atoms with Crippen LogP contribution in [0.4, 0.5) is 10.5 Å². The lowest BCUT2D eigenvalue weighted by Gasteiger charge is -2.45. The number of benzene rings is 5. The van der Waals surface area contributed by atoms with E-state index in [0.717, 1.165) is 46.7 Å². The van der Waals surface area contributed by atoms with Crippen molar-refractivity contribution in [3.05, 3.63) is 160 Å². The number of amides is 2. The van der Waals surface area contributed by atoms with Crippen LogP contribution in [0.1, 0.15) is 60.0 Å². The SMILES string of the molecule is C[C@H]1[C@@H](CN2CCC(O)(c3ccc(Cl)cc3)CC2)O[C@@H](c2ccc(CNC(=O)Nc3ccc(Oc4ccccc4)cc3)cc2)O[C@H]1c1ccc(CO)cc1. The number of ether oxygens (including phenoxy) is 3. The van der Waals surface area contributed by atoms with Gasteiger partial charge >= 0.3 is 6.03 Å². The van der Waals surface area contributed by atoms with Crippen molar-refractivity contribution in [2.24, 2.45) is 5.92 Å². The average Bonchev–Trinajstić information content (AvgIpc) is 3.20. The topological polar surface area (TPSA) is 113 Å². The van der Waals surface area contributed by atoms with Gasteiger partial charge in [-0.1, -0.05) is 97.4 Å². The Labute approximate surface area is 321 Å². The van der Waals surface area contributed by atoms with Gasteiger partial charge in [-0.05, 0) is 83.6 Å². The molecule has 0 aliphatic carbocycles. The first-order valence-electron chi connectivity index (χ1n) is 18.4. The molecule has 0 unspecified atom stereocenters. The number of rotatable bonds is 11. The summed E-state index contributed by atoms with van der Waals surface area (Å²) in [6.07, 6.45) is 0.248. The zero-order valence-corrected chi connectivity index (χ0v) is 31.0. The molecule has 0 spiro atoms. The summed E-state index contributed by atoms with van der Waals surface area (Å²) in [6.45, 7) is 4.64. The summed E-state index contributed by atoms with van der Waals surface area (Å²) >= 11 is 6.10. The number of aliphatic hydroxyl groups excluding tert-OH is 1. The summed E-state index contributed by atoms with van der Waals surface area (Å²) in [5.41, 5.74) is 4.35. The first kappa shape index (κ1) is 37.6. The van der Waals surface area contributed by atoms with Crippen LogP contribution in [0.3, 0.4) is 0 Å². The number of piperidine rings is 1. The summed E-state index contributed by atoms with van der Waals surface area (Å²) in [4.78, 5) is 15.1. The Balaban J connectivity index is 0.972. The van der Waals surface area contributed by atoms with Gasteiger partial charge in [0, 0.05) is 48.4 Å². The molecule has 2 aliphatic heterocycles. The molecule has 54 heavy (non-hydrogen) atoms. The summed E-state index contributed by atoms with van der Waals surface area (Å²) in [5.74, 6) is 1.46. The second-order valence-electron chi connectivity index (χ2n) is 14.1. The molecule has 4 N–H and O–H groups in total. The van der Waals surface area contributed by atoms with E-state index in [4.69, 9.17) is 25.8 Å². The molecule has 10 heteroatoms. The van der Waals surface area contributed by atoms with E-state index in [0.29, 0.717) is 42.4 Å². The fraction of sp³-hybridized carbons (Fsp3) is 0.295. The lowest BCUT2D eigenvalue weighted by molar-refractivity contribution is -0.277. The highest BCUT2D eigenvalue weighted by atomic mass is 35.5. The maximum Gasteiger partial charge on any atom is 0.319 e. The van der Waals surface area contributed by atoms with E-state index in [-0.39, 0.29) is 30.8 Å². The number of anilines is 1. The Morgan fingerprint density at radius 3 is 2.11 bits per heavy atom. The number of urea groups is 1. The molecule has 5 aromatic rings. The molecule has 2 saturated heterocycles. The number of halogens is 1. The highest BCUT2D eigenvalue weighted by molar-refractivity contribution is 6.30. The van der Waals surface area contributed by atoms with E-state index in [1.807, 2.05) is 115 Å². The van der Waals surface area contributed by atoms with Crippen LogP contribution in [-0.4, -0.2) is 46.9 Å². The summed E-state index contributed by atoms with van der Waals surface area (Å²) < 4.78 is 19.2. The standard InChI is InChI=1S/C44H46ClN3O6/c1-30-40(28-48-25-23-44(51,24-26-48)35-15-17-36(45)18-16-35)53-42(54-41(30)33-11-9-32(29-49)10-12-33)34-13-7-31(8-14-34)27-46-43(50)47-37-19-21-39(22-20-37)52-38-5-3-2-4-6-38/h2-22,30,40-42,49,51H,23-29H2,1H3,(H2,46,47,50)/t30-,40+,41+,42+/m0/s1. The largest absolute Gasteiger partial charge is 0.457 e. The van der Waals surface area contributed by atoms with E-state index in [1.54, 1.807) is 12.1 Å². The third kappa shape index (κ3) is 9.30. The predicted octanol–water partition coefficient (Wildman–Crippen LogP) is 8.72. The Kier molecular flexibility index (Phi) is 11.9. The van der Waals surface area contributed by atoms with E-state index >= 15 is 0 Å². The lowest BCUT2D eigenvalue weighted by Crippen LogP contribution is -2.49. The van der Waals surface area contributed by atoms with Gasteiger partial charge in [0.2, 0.25) is 0 Å². The summed E-state index contributed by atoms with van der Waals surface area (Å²) in [6, 6.07) is 39.7. The van der Waals surface area contributed by atoms with Crippen LogP contribution < -0.4 is 15.4 Å². The molecule has 2 heterocycles. The number of para-hydroxylation sites is 1. The van der Waals surface area contributed by atoms with Crippen LogP contribution in [0.2, 0.25) is 5.02 Å². The van der Waals surface area contributed by atoms with Gasteiger partial charge in [-0.15, -0.1) is 0 Å². The maximum absolute atomic E-state index is 12.7. The number of nitrogens with zero attached hydrogens (tertiary/aromatic N) is 1. The molecule has 2 aliphatic rings. The van der Waals surface area contributed by atoms with E-state index in [1.165, 1.54) is 0 Å². The minimum atomic E-state index is -0.885. The van der Waals surface area contributed by atoms with Crippen LogP contribution in [0.15, 0.2) is 127 Å². The Morgan fingerprint density at radius 2 is 1.44 bits per heavy atom. The van der Waals surface area contributed by atoms with Crippen molar-refractivity contribution in [1.82, 2.24) is 10.2 Å². The van der Waals surface area contributed by atoms with E-state index in [9.17, 15) is 15.0 Å². The first-order valence-corrected chi connectivity index (χ1v) is 18.8. The number of likely N-dealkylation sites (tertiary alicyclic amines) is 1. The second-order valence-corrected chi connectivity index (χ2v) is 14.6. The van der Waals surface area contributed by atoms with Crippen LogP contribution >= 0.6 is 11.6 Å². The smallest absolute Gasteiger partial charge is 0.319 e.